The van der Waals surface area contributed by atoms with Gasteiger partial charge in [0.15, 0.2) is 0 Å². The van der Waals surface area contributed by atoms with Crippen LogP contribution in [0.3, 0.4) is 0 Å². The van der Waals surface area contributed by atoms with Gasteiger partial charge < -0.3 is 4.42 Å². The molecular weight excluding hydrogens is 388 g/mol. The standard InChI is InChI=1S/C23H15ClN2OS/c1-14-6-11-18-22(12-14)28-23(25-18)26-19-13-21(15-7-9-16(24)10-8-15)27-20-5-3-2-4-17(19)20/h2-13H,1H3. The van der Waals surface area contributed by atoms with Crippen molar-refractivity contribution in [3.8, 4) is 11.3 Å². The van der Waals surface area contributed by atoms with E-state index in [0.29, 0.717) is 5.02 Å². The Kier molecular flexibility index (Phi) is 4.23. The molecule has 0 radical (unpaired) electrons. The quantitative estimate of drug-likeness (QED) is 0.322. The average molecular weight is 403 g/mol. The third-order valence-electron chi connectivity index (χ3n) is 4.53. The number of para-hydroxylation sites is 1. The van der Waals surface area contributed by atoms with Crippen molar-refractivity contribution in [1.29, 1.82) is 0 Å². The molecule has 5 heteroatoms. The van der Waals surface area contributed by atoms with Crippen molar-refractivity contribution in [2.45, 2.75) is 6.92 Å². The molecule has 5 aromatic rings. The highest BCUT2D eigenvalue weighted by molar-refractivity contribution is 7.21. The van der Waals surface area contributed by atoms with Gasteiger partial charge in [-0.25, -0.2) is 9.98 Å². The van der Waals surface area contributed by atoms with Gasteiger partial charge in [0.1, 0.15) is 11.3 Å². The molecule has 0 aliphatic carbocycles. The summed E-state index contributed by atoms with van der Waals surface area (Å²) in [4.78, 5) is 9.53. The summed E-state index contributed by atoms with van der Waals surface area (Å²) in [6.07, 6.45) is 0. The minimum absolute atomic E-state index is 0.694. The first-order valence-electron chi connectivity index (χ1n) is 8.86. The van der Waals surface area contributed by atoms with Crippen LogP contribution in [0.4, 0.5) is 5.13 Å². The number of aromatic nitrogens is 1. The average Bonchev–Trinajstić information content (AvgIpc) is 3.10. The van der Waals surface area contributed by atoms with Crippen LogP contribution in [0.15, 0.2) is 82.2 Å². The third kappa shape index (κ3) is 3.21. The van der Waals surface area contributed by atoms with E-state index in [-0.39, 0.29) is 0 Å². The number of halogens is 1. The number of fused-ring (bicyclic) bond motifs is 2. The van der Waals surface area contributed by atoms with Gasteiger partial charge in [0.05, 0.1) is 15.6 Å². The van der Waals surface area contributed by atoms with Crippen LogP contribution in [0.25, 0.3) is 32.5 Å². The van der Waals surface area contributed by atoms with E-state index in [1.807, 2.05) is 60.7 Å². The first-order chi connectivity index (χ1) is 13.7. The fourth-order valence-corrected chi connectivity index (χ4v) is 4.21. The molecule has 3 nitrogen and oxygen atoms in total. The Balaban J connectivity index is 1.74. The SMILES string of the molecule is Cc1ccc2nc(N=c3cc(-c4ccc(Cl)cc4)oc4ccccc34)sc2c1. The highest BCUT2D eigenvalue weighted by Crippen LogP contribution is 2.29. The van der Waals surface area contributed by atoms with Gasteiger partial charge in [-0.15, -0.1) is 0 Å². The Morgan fingerprint density at radius 3 is 2.64 bits per heavy atom. The zero-order valence-corrected chi connectivity index (χ0v) is 16.6. The topological polar surface area (TPSA) is 38.4 Å². The molecule has 0 N–H and O–H groups in total. The highest BCUT2D eigenvalue weighted by atomic mass is 35.5. The van der Waals surface area contributed by atoms with Gasteiger partial charge in [0.25, 0.3) is 0 Å². The van der Waals surface area contributed by atoms with Gasteiger partial charge in [-0.2, -0.15) is 0 Å². The van der Waals surface area contributed by atoms with E-state index in [9.17, 15) is 0 Å². The van der Waals surface area contributed by atoms with Crippen molar-refractivity contribution >= 4 is 49.3 Å². The Bertz CT molecular complexity index is 1380. The van der Waals surface area contributed by atoms with Gasteiger partial charge in [-0.05, 0) is 61.0 Å². The van der Waals surface area contributed by atoms with Gasteiger partial charge in [-0.1, -0.05) is 41.1 Å². The van der Waals surface area contributed by atoms with Crippen molar-refractivity contribution < 1.29 is 4.42 Å². The Labute approximate surface area is 170 Å². The molecule has 0 amide bonds. The molecule has 0 aliphatic heterocycles. The Morgan fingerprint density at radius 1 is 0.964 bits per heavy atom. The smallest absolute Gasteiger partial charge is 0.210 e. The van der Waals surface area contributed by atoms with Crippen LogP contribution in [0, 0.1) is 6.92 Å². The number of benzene rings is 3. The lowest BCUT2D eigenvalue weighted by atomic mass is 10.1. The second-order valence-corrected chi connectivity index (χ2v) is 8.02. The van der Waals surface area contributed by atoms with Crippen molar-refractivity contribution in [1.82, 2.24) is 4.98 Å². The minimum Gasteiger partial charge on any atom is -0.456 e. The largest absolute Gasteiger partial charge is 0.456 e. The van der Waals surface area contributed by atoms with Crippen LogP contribution in [-0.4, -0.2) is 4.98 Å². The van der Waals surface area contributed by atoms with Crippen LogP contribution >= 0.6 is 22.9 Å². The number of rotatable bonds is 2. The predicted molar refractivity (Wildman–Crippen MR) is 116 cm³/mol. The van der Waals surface area contributed by atoms with Crippen molar-refractivity contribution in [3.05, 3.63) is 88.7 Å². The summed E-state index contributed by atoms with van der Waals surface area (Å²) < 4.78 is 7.26. The maximum atomic E-state index is 6.12. The summed E-state index contributed by atoms with van der Waals surface area (Å²) in [5.74, 6) is 0.742. The molecule has 0 saturated carbocycles. The van der Waals surface area contributed by atoms with Crippen LogP contribution < -0.4 is 5.36 Å². The summed E-state index contributed by atoms with van der Waals surface area (Å²) in [7, 11) is 0. The molecular formula is C23H15ClN2OS. The van der Waals surface area contributed by atoms with Gasteiger partial charge in [0, 0.05) is 22.0 Å². The second kappa shape index (κ2) is 6.89. The summed E-state index contributed by atoms with van der Waals surface area (Å²) in [5, 5.41) is 3.22. The zero-order chi connectivity index (χ0) is 19.1. The zero-order valence-electron chi connectivity index (χ0n) is 15.0. The number of thiazole rings is 1. The molecule has 0 atom stereocenters. The lowest BCUT2D eigenvalue weighted by Crippen LogP contribution is -2.02. The van der Waals surface area contributed by atoms with E-state index in [0.717, 1.165) is 43.0 Å². The summed E-state index contributed by atoms with van der Waals surface area (Å²) in [6.45, 7) is 2.08. The maximum absolute atomic E-state index is 6.12. The third-order valence-corrected chi connectivity index (χ3v) is 5.69. The van der Waals surface area contributed by atoms with Gasteiger partial charge >= 0.3 is 0 Å². The molecule has 28 heavy (non-hydrogen) atoms. The molecule has 0 saturated heterocycles. The minimum atomic E-state index is 0.694. The van der Waals surface area contributed by atoms with E-state index >= 15 is 0 Å². The molecule has 2 heterocycles. The molecule has 136 valence electrons. The Morgan fingerprint density at radius 2 is 1.79 bits per heavy atom. The Hall–Kier alpha value is -2.95. The van der Waals surface area contributed by atoms with Gasteiger partial charge in [0.2, 0.25) is 5.13 Å². The lowest BCUT2D eigenvalue weighted by molar-refractivity contribution is 0.618. The maximum Gasteiger partial charge on any atom is 0.210 e. The molecule has 0 unspecified atom stereocenters. The molecule has 5 rings (SSSR count). The van der Waals surface area contributed by atoms with Crippen molar-refractivity contribution in [2.24, 2.45) is 4.99 Å². The van der Waals surface area contributed by atoms with E-state index in [2.05, 4.69) is 24.0 Å². The number of hydrogen-bond donors (Lipinski definition) is 0. The predicted octanol–water partition coefficient (Wildman–Crippen LogP) is 6.90. The first-order valence-corrected chi connectivity index (χ1v) is 10.1. The summed E-state index contributed by atoms with van der Waals surface area (Å²) in [5.41, 5.74) is 3.92. The normalized spacial score (nSPS) is 12.1. The van der Waals surface area contributed by atoms with Crippen molar-refractivity contribution in [2.75, 3.05) is 0 Å². The molecule has 0 aliphatic rings. The van der Waals surface area contributed by atoms with Crippen LogP contribution in [0.1, 0.15) is 5.56 Å². The summed E-state index contributed by atoms with van der Waals surface area (Å²) >= 11 is 7.62. The second-order valence-electron chi connectivity index (χ2n) is 6.58. The van der Waals surface area contributed by atoms with Gasteiger partial charge in [-0.3, -0.25) is 0 Å². The number of nitrogens with zero attached hydrogens (tertiary/aromatic N) is 2. The van der Waals surface area contributed by atoms with E-state index in [1.165, 1.54) is 5.56 Å². The lowest BCUT2D eigenvalue weighted by Gasteiger charge is -2.04. The van der Waals surface area contributed by atoms with Crippen LogP contribution in [0.2, 0.25) is 5.02 Å². The fraction of sp³-hybridized carbons (Fsp3) is 0.0435. The fourth-order valence-electron chi connectivity index (χ4n) is 3.14. The molecule has 0 spiro atoms. The monoisotopic (exact) mass is 402 g/mol. The molecule has 2 aromatic heterocycles. The molecule has 0 fully saturated rings. The highest BCUT2D eigenvalue weighted by Gasteiger charge is 2.08. The van der Waals surface area contributed by atoms with Crippen molar-refractivity contribution in [3.63, 3.8) is 0 Å². The molecule has 3 aromatic carbocycles. The summed E-state index contributed by atoms with van der Waals surface area (Å²) in [6, 6.07) is 23.7. The first kappa shape index (κ1) is 17.2. The van der Waals surface area contributed by atoms with E-state index < -0.39 is 0 Å². The van der Waals surface area contributed by atoms with E-state index in [1.54, 1.807) is 11.3 Å². The number of aryl methyl sites for hydroxylation is 1. The van der Waals surface area contributed by atoms with Crippen LogP contribution in [-0.2, 0) is 0 Å². The number of hydrogen-bond acceptors (Lipinski definition) is 4. The molecule has 0 bridgehead atoms. The van der Waals surface area contributed by atoms with Crippen LogP contribution in [0.5, 0.6) is 0 Å². The van der Waals surface area contributed by atoms with E-state index in [4.69, 9.17) is 21.0 Å².